The number of aliphatic imine (C=N–C) groups is 1. The van der Waals surface area contributed by atoms with Gasteiger partial charge in [-0.1, -0.05) is 13.8 Å². The van der Waals surface area contributed by atoms with Crippen LogP contribution in [0.2, 0.25) is 0 Å². The Hall–Kier alpha value is -0.570. The summed E-state index contributed by atoms with van der Waals surface area (Å²) in [6.45, 7) is 6.00. The lowest BCUT2D eigenvalue weighted by atomic mass is 10.0. The number of aliphatic hydroxyl groups is 1. The van der Waals surface area contributed by atoms with Crippen LogP contribution in [0.5, 0.6) is 0 Å². The van der Waals surface area contributed by atoms with E-state index in [-0.39, 0.29) is 12.1 Å². The number of aliphatic hydroxyl groups excluding tert-OH is 1. The van der Waals surface area contributed by atoms with Gasteiger partial charge in [0, 0.05) is 0 Å². The largest absolute Gasteiger partial charge is 0.391 e. The summed E-state index contributed by atoms with van der Waals surface area (Å²) in [7, 11) is 0. The van der Waals surface area contributed by atoms with E-state index >= 15 is 0 Å². The van der Waals surface area contributed by atoms with Crippen molar-refractivity contribution in [3.8, 4) is 0 Å². The van der Waals surface area contributed by atoms with Crippen LogP contribution in [0, 0.1) is 5.92 Å². The maximum absolute atomic E-state index is 9.45. The standard InChI is InChI=1S/C8H18N2O/c1-6(2)4-8(11)7(3)10-5-9/h5-8,11H,4H2,1-3H3,(H2,9,10)/t7?,8-/m1/s1. The van der Waals surface area contributed by atoms with E-state index < -0.39 is 0 Å². The topological polar surface area (TPSA) is 58.6 Å². The fraction of sp³-hybridized carbons (Fsp3) is 0.875. The summed E-state index contributed by atoms with van der Waals surface area (Å²) in [6, 6.07) is -0.0811. The van der Waals surface area contributed by atoms with Crippen LogP contribution in [0.3, 0.4) is 0 Å². The maximum Gasteiger partial charge on any atom is 0.0802 e. The van der Waals surface area contributed by atoms with Gasteiger partial charge in [-0.05, 0) is 19.3 Å². The van der Waals surface area contributed by atoms with Gasteiger partial charge >= 0.3 is 0 Å². The van der Waals surface area contributed by atoms with Crippen LogP contribution in [0.15, 0.2) is 4.99 Å². The van der Waals surface area contributed by atoms with Crippen LogP contribution in [0.4, 0.5) is 0 Å². The minimum Gasteiger partial charge on any atom is -0.391 e. The summed E-state index contributed by atoms with van der Waals surface area (Å²) in [5.74, 6) is 0.500. The molecular formula is C8H18N2O. The van der Waals surface area contributed by atoms with Crippen LogP contribution in [-0.4, -0.2) is 23.6 Å². The summed E-state index contributed by atoms with van der Waals surface area (Å²) in [5.41, 5.74) is 5.10. The highest BCUT2D eigenvalue weighted by molar-refractivity contribution is 5.51. The first-order valence-electron chi connectivity index (χ1n) is 3.99. The lowest BCUT2D eigenvalue weighted by Crippen LogP contribution is -2.23. The molecule has 0 heterocycles. The van der Waals surface area contributed by atoms with Gasteiger partial charge < -0.3 is 10.8 Å². The Morgan fingerprint density at radius 2 is 2.00 bits per heavy atom. The first-order valence-corrected chi connectivity index (χ1v) is 3.99. The number of hydrogen-bond donors (Lipinski definition) is 2. The molecule has 0 aromatic carbocycles. The van der Waals surface area contributed by atoms with Crippen molar-refractivity contribution in [1.29, 1.82) is 0 Å². The van der Waals surface area contributed by atoms with E-state index in [2.05, 4.69) is 18.8 Å². The molecule has 0 radical (unpaired) electrons. The van der Waals surface area contributed by atoms with Gasteiger partial charge in [0.1, 0.15) is 0 Å². The molecule has 0 amide bonds. The molecule has 0 aromatic heterocycles. The predicted octanol–water partition coefficient (Wildman–Crippen LogP) is 0.769. The van der Waals surface area contributed by atoms with Crippen molar-refractivity contribution in [1.82, 2.24) is 0 Å². The highest BCUT2D eigenvalue weighted by atomic mass is 16.3. The average Bonchev–Trinajstić information content (AvgIpc) is 1.86. The van der Waals surface area contributed by atoms with Gasteiger partial charge in [0.05, 0.1) is 18.5 Å². The molecule has 0 aliphatic carbocycles. The van der Waals surface area contributed by atoms with Gasteiger partial charge in [0.15, 0.2) is 0 Å². The molecule has 0 aliphatic heterocycles. The predicted molar refractivity (Wildman–Crippen MR) is 47.6 cm³/mol. The second-order valence-electron chi connectivity index (χ2n) is 3.24. The van der Waals surface area contributed by atoms with E-state index in [1.54, 1.807) is 0 Å². The van der Waals surface area contributed by atoms with E-state index in [9.17, 15) is 5.11 Å². The van der Waals surface area contributed by atoms with Crippen LogP contribution < -0.4 is 5.73 Å². The monoisotopic (exact) mass is 158 g/mol. The maximum atomic E-state index is 9.45. The van der Waals surface area contributed by atoms with Gasteiger partial charge in [-0.3, -0.25) is 4.99 Å². The van der Waals surface area contributed by atoms with Crippen LogP contribution >= 0.6 is 0 Å². The lowest BCUT2D eigenvalue weighted by molar-refractivity contribution is 0.128. The molecule has 3 heteroatoms. The molecule has 2 atom stereocenters. The Bertz CT molecular complexity index is 123. The molecule has 0 saturated heterocycles. The lowest BCUT2D eigenvalue weighted by Gasteiger charge is -2.16. The van der Waals surface area contributed by atoms with Gasteiger partial charge in [0.25, 0.3) is 0 Å². The fourth-order valence-corrected chi connectivity index (χ4v) is 0.915. The minimum absolute atomic E-state index is 0.0811. The molecule has 66 valence electrons. The molecule has 0 aromatic rings. The molecular weight excluding hydrogens is 140 g/mol. The number of hydrogen-bond acceptors (Lipinski definition) is 2. The second kappa shape index (κ2) is 5.13. The zero-order chi connectivity index (χ0) is 8.85. The minimum atomic E-state index is -0.366. The quantitative estimate of drug-likeness (QED) is 0.469. The van der Waals surface area contributed by atoms with Gasteiger partial charge in [0.2, 0.25) is 0 Å². The zero-order valence-corrected chi connectivity index (χ0v) is 7.49. The van der Waals surface area contributed by atoms with Crippen molar-refractivity contribution in [2.45, 2.75) is 39.3 Å². The third kappa shape index (κ3) is 4.79. The molecule has 1 unspecified atom stereocenters. The summed E-state index contributed by atoms with van der Waals surface area (Å²) in [5, 5.41) is 9.45. The fourth-order valence-electron chi connectivity index (χ4n) is 0.915. The molecule has 0 saturated carbocycles. The van der Waals surface area contributed by atoms with Crippen molar-refractivity contribution < 1.29 is 5.11 Å². The second-order valence-corrected chi connectivity index (χ2v) is 3.24. The van der Waals surface area contributed by atoms with Gasteiger partial charge in [-0.25, -0.2) is 0 Å². The molecule has 11 heavy (non-hydrogen) atoms. The Kier molecular flexibility index (Phi) is 4.86. The van der Waals surface area contributed by atoms with Crippen molar-refractivity contribution in [2.75, 3.05) is 0 Å². The van der Waals surface area contributed by atoms with Crippen LogP contribution in [-0.2, 0) is 0 Å². The first-order chi connectivity index (χ1) is 5.07. The third-order valence-electron chi connectivity index (χ3n) is 1.59. The van der Waals surface area contributed by atoms with Crippen LogP contribution in [0.25, 0.3) is 0 Å². The molecule has 0 spiro atoms. The smallest absolute Gasteiger partial charge is 0.0802 e. The van der Waals surface area contributed by atoms with E-state index in [0.29, 0.717) is 5.92 Å². The SMILES string of the molecule is CC(C)C[C@@H](O)C(C)N=CN. The summed E-state index contributed by atoms with van der Waals surface area (Å²) < 4.78 is 0. The van der Waals surface area contributed by atoms with E-state index in [1.807, 2.05) is 6.92 Å². The van der Waals surface area contributed by atoms with E-state index in [0.717, 1.165) is 6.42 Å². The van der Waals surface area contributed by atoms with Crippen molar-refractivity contribution in [3.05, 3.63) is 0 Å². The number of nitrogens with two attached hydrogens (primary N) is 1. The Balaban J connectivity index is 3.72. The highest BCUT2D eigenvalue weighted by Crippen LogP contribution is 2.09. The van der Waals surface area contributed by atoms with Crippen molar-refractivity contribution >= 4 is 6.34 Å². The molecule has 3 nitrogen and oxygen atoms in total. The number of nitrogens with zero attached hydrogens (tertiary/aromatic N) is 1. The zero-order valence-electron chi connectivity index (χ0n) is 7.49. The molecule has 0 fully saturated rings. The Morgan fingerprint density at radius 1 is 1.45 bits per heavy atom. The van der Waals surface area contributed by atoms with E-state index in [1.165, 1.54) is 6.34 Å². The summed E-state index contributed by atoms with van der Waals surface area (Å²) in [4.78, 5) is 3.88. The average molecular weight is 158 g/mol. The van der Waals surface area contributed by atoms with Crippen LogP contribution in [0.1, 0.15) is 27.2 Å². The molecule has 3 N–H and O–H groups in total. The van der Waals surface area contributed by atoms with Gasteiger partial charge in [-0.15, -0.1) is 0 Å². The van der Waals surface area contributed by atoms with E-state index in [4.69, 9.17) is 5.73 Å². The Morgan fingerprint density at radius 3 is 2.36 bits per heavy atom. The van der Waals surface area contributed by atoms with Crippen molar-refractivity contribution in [3.63, 3.8) is 0 Å². The summed E-state index contributed by atoms with van der Waals surface area (Å²) in [6.07, 6.45) is 1.65. The Labute approximate surface area is 68.3 Å². The third-order valence-corrected chi connectivity index (χ3v) is 1.59. The highest BCUT2D eigenvalue weighted by Gasteiger charge is 2.13. The number of rotatable bonds is 4. The van der Waals surface area contributed by atoms with Crippen molar-refractivity contribution in [2.24, 2.45) is 16.6 Å². The summed E-state index contributed by atoms with van der Waals surface area (Å²) >= 11 is 0. The molecule has 0 aliphatic rings. The van der Waals surface area contributed by atoms with Gasteiger partial charge in [-0.2, -0.15) is 0 Å². The first kappa shape index (κ1) is 10.4. The normalized spacial score (nSPS) is 17.5. The molecule has 0 bridgehead atoms. The molecule has 0 rings (SSSR count).